The number of halogens is 1. The number of hydrogen-bond donors (Lipinski definition) is 0. The van der Waals surface area contributed by atoms with Gasteiger partial charge in [-0.25, -0.2) is 4.98 Å². The van der Waals surface area contributed by atoms with Gasteiger partial charge in [0.2, 0.25) is 0 Å². The molecule has 2 aromatic carbocycles. The van der Waals surface area contributed by atoms with E-state index in [1.165, 1.54) is 11.3 Å². The number of rotatable bonds is 4. The van der Waals surface area contributed by atoms with Crippen LogP contribution in [0, 0.1) is 6.92 Å². The van der Waals surface area contributed by atoms with E-state index in [-0.39, 0.29) is 5.91 Å². The monoisotopic (exact) mass is 356 g/mol. The van der Waals surface area contributed by atoms with Gasteiger partial charge in [-0.1, -0.05) is 48.0 Å². The number of aromatic nitrogens is 1. The van der Waals surface area contributed by atoms with Crippen molar-refractivity contribution in [3.63, 3.8) is 0 Å². The van der Waals surface area contributed by atoms with Gasteiger partial charge in [0.1, 0.15) is 9.88 Å². The molecular weight excluding hydrogens is 340 g/mol. The fourth-order valence-electron chi connectivity index (χ4n) is 2.52. The predicted octanol–water partition coefficient (Wildman–Crippen LogP) is 5.44. The maximum absolute atomic E-state index is 13.0. The van der Waals surface area contributed by atoms with Gasteiger partial charge >= 0.3 is 0 Å². The van der Waals surface area contributed by atoms with Crippen molar-refractivity contribution in [1.82, 2.24) is 4.98 Å². The maximum atomic E-state index is 13.0. The number of carbonyl (C=O) groups is 1. The summed E-state index contributed by atoms with van der Waals surface area (Å²) >= 11 is 7.64. The van der Waals surface area contributed by atoms with Crippen molar-refractivity contribution in [2.24, 2.45) is 0 Å². The molecule has 0 aliphatic rings. The summed E-state index contributed by atoms with van der Waals surface area (Å²) in [5.41, 5.74) is 2.47. The fraction of sp³-hybridized carbons (Fsp3) is 0.158. The molecule has 5 heteroatoms. The van der Waals surface area contributed by atoms with Gasteiger partial charge in [-0.05, 0) is 32.0 Å². The lowest BCUT2D eigenvalue weighted by molar-refractivity contribution is 0.0991. The van der Waals surface area contributed by atoms with Gasteiger partial charge in [0.05, 0.1) is 10.7 Å². The van der Waals surface area contributed by atoms with Crippen LogP contribution in [0.1, 0.15) is 22.3 Å². The van der Waals surface area contributed by atoms with E-state index in [1.807, 2.05) is 68.4 Å². The Morgan fingerprint density at radius 2 is 1.79 bits per heavy atom. The average molecular weight is 357 g/mol. The van der Waals surface area contributed by atoms with Crippen molar-refractivity contribution in [3.8, 4) is 10.6 Å². The van der Waals surface area contributed by atoms with E-state index < -0.39 is 0 Å². The molecule has 0 atom stereocenters. The maximum Gasteiger partial charge on any atom is 0.270 e. The molecule has 1 amide bonds. The lowest BCUT2D eigenvalue weighted by atomic mass is 10.2. The molecule has 0 spiro atoms. The van der Waals surface area contributed by atoms with Gasteiger partial charge in [0.25, 0.3) is 5.91 Å². The Balaban J connectivity index is 1.98. The van der Waals surface area contributed by atoms with Crippen LogP contribution in [0.3, 0.4) is 0 Å². The zero-order valence-corrected chi connectivity index (χ0v) is 15.1. The number of benzene rings is 2. The molecule has 3 rings (SSSR count). The first-order valence-corrected chi connectivity index (χ1v) is 8.90. The van der Waals surface area contributed by atoms with E-state index in [0.717, 1.165) is 22.0 Å². The first kappa shape index (κ1) is 16.7. The van der Waals surface area contributed by atoms with Crippen LogP contribution in [0.15, 0.2) is 54.6 Å². The number of anilines is 1. The first-order chi connectivity index (χ1) is 11.6. The van der Waals surface area contributed by atoms with Crippen molar-refractivity contribution < 1.29 is 4.79 Å². The minimum absolute atomic E-state index is 0.0306. The molecule has 0 aliphatic heterocycles. The minimum Gasteiger partial charge on any atom is -0.308 e. The highest BCUT2D eigenvalue weighted by Gasteiger charge is 2.22. The second kappa shape index (κ2) is 7.16. The van der Waals surface area contributed by atoms with E-state index in [0.29, 0.717) is 16.4 Å². The Kier molecular flexibility index (Phi) is 4.97. The number of hydrogen-bond acceptors (Lipinski definition) is 3. The molecule has 0 radical (unpaired) electrons. The first-order valence-electron chi connectivity index (χ1n) is 7.71. The van der Waals surface area contributed by atoms with E-state index >= 15 is 0 Å². The molecule has 1 heterocycles. The van der Waals surface area contributed by atoms with Crippen LogP contribution in [-0.4, -0.2) is 17.4 Å². The van der Waals surface area contributed by atoms with Crippen LogP contribution in [0.25, 0.3) is 10.6 Å². The summed E-state index contributed by atoms with van der Waals surface area (Å²) in [5.74, 6) is -0.0306. The second-order valence-electron chi connectivity index (χ2n) is 5.30. The molecule has 0 unspecified atom stereocenters. The van der Waals surface area contributed by atoms with Gasteiger partial charge in [0.15, 0.2) is 0 Å². The molecule has 3 aromatic rings. The Morgan fingerprint density at radius 1 is 1.12 bits per heavy atom. The van der Waals surface area contributed by atoms with E-state index in [4.69, 9.17) is 11.6 Å². The standard InChI is InChI=1S/C19H17ClN2OS/c1-3-22(14-9-5-4-6-10-14)19(23)17-13(2)21-18(24-17)15-11-7-8-12-16(15)20/h4-12H,3H2,1-2H3. The summed E-state index contributed by atoms with van der Waals surface area (Å²) in [7, 11) is 0. The molecule has 0 N–H and O–H groups in total. The van der Waals surface area contributed by atoms with Crippen molar-refractivity contribution in [3.05, 3.63) is 70.2 Å². The van der Waals surface area contributed by atoms with Gasteiger partial charge in [0, 0.05) is 17.8 Å². The normalized spacial score (nSPS) is 10.6. The van der Waals surface area contributed by atoms with Gasteiger partial charge in [-0.15, -0.1) is 11.3 Å². The highest BCUT2D eigenvalue weighted by Crippen LogP contribution is 2.33. The van der Waals surface area contributed by atoms with Crippen LogP contribution in [-0.2, 0) is 0 Å². The summed E-state index contributed by atoms with van der Waals surface area (Å²) in [6.07, 6.45) is 0. The van der Waals surface area contributed by atoms with Gasteiger partial charge in [-0.2, -0.15) is 0 Å². The van der Waals surface area contributed by atoms with E-state index in [1.54, 1.807) is 4.90 Å². The van der Waals surface area contributed by atoms with Crippen LogP contribution in [0.4, 0.5) is 5.69 Å². The third-order valence-electron chi connectivity index (χ3n) is 3.72. The predicted molar refractivity (Wildman–Crippen MR) is 101 cm³/mol. The number of nitrogens with zero attached hydrogens (tertiary/aromatic N) is 2. The van der Waals surface area contributed by atoms with Crippen molar-refractivity contribution in [1.29, 1.82) is 0 Å². The highest BCUT2D eigenvalue weighted by atomic mass is 35.5. The van der Waals surface area contributed by atoms with Crippen molar-refractivity contribution in [2.75, 3.05) is 11.4 Å². The summed E-state index contributed by atoms with van der Waals surface area (Å²) in [6, 6.07) is 17.2. The van der Waals surface area contributed by atoms with E-state index in [9.17, 15) is 4.79 Å². The molecule has 3 nitrogen and oxygen atoms in total. The Hall–Kier alpha value is -2.17. The number of carbonyl (C=O) groups excluding carboxylic acids is 1. The van der Waals surface area contributed by atoms with E-state index in [2.05, 4.69) is 4.98 Å². The number of aryl methyl sites for hydroxylation is 1. The SMILES string of the molecule is CCN(C(=O)c1sc(-c2ccccc2Cl)nc1C)c1ccccc1. The third-order valence-corrected chi connectivity index (χ3v) is 5.23. The Bertz CT molecular complexity index is 861. The molecule has 0 saturated carbocycles. The topological polar surface area (TPSA) is 33.2 Å². The van der Waals surface area contributed by atoms with Gasteiger partial charge < -0.3 is 4.90 Å². The Morgan fingerprint density at radius 3 is 2.46 bits per heavy atom. The number of thiazole rings is 1. The van der Waals surface area contributed by atoms with Crippen LogP contribution in [0.2, 0.25) is 5.02 Å². The quantitative estimate of drug-likeness (QED) is 0.623. The average Bonchev–Trinajstić information content (AvgIpc) is 2.98. The molecule has 0 fully saturated rings. The van der Waals surface area contributed by atoms with Crippen LogP contribution < -0.4 is 4.90 Å². The van der Waals surface area contributed by atoms with Crippen LogP contribution >= 0.6 is 22.9 Å². The summed E-state index contributed by atoms with van der Waals surface area (Å²) in [6.45, 7) is 4.43. The summed E-state index contributed by atoms with van der Waals surface area (Å²) in [5, 5.41) is 1.41. The molecule has 24 heavy (non-hydrogen) atoms. The third kappa shape index (κ3) is 3.21. The largest absolute Gasteiger partial charge is 0.308 e. The smallest absolute Gasteiger partial charge is 0.270 e. The highest BCUT2D eigenvalue weighted by molar-refractivity contribution is 7.17. The van der Waals surface area contributed by atoms with Crippen LogP contribution in [0.5, 0.6) is 0 Å². The fourth-order valence-corrected chi connectivity index (χ4v) is 3.85. The van der Waals surface area contributed by atoms with Crippen molar-refractivity contribution >= 4 is 34.5 Å². The zero-order chi connectivity index (χ0) is 17.1. The molecule has 1 aromatic heterocycles. The zero-order valence-electron chi connectivity index (χ0n) is 13.5. The lowest BCUT2D eigenvalue weighted by Crippen LogP contribution is -2.30. The summed E-state index contributed by atoms with van der Waals surface area (Å²) in [4.78, 5) is 20.0. The number of para-hydroxylation sites is 1. The summed E-state index contributed by atoms with van der Waals surface area (Å²) < 4.78 is 0. The molecule has 0 saturated heterocycles. The Labute approximate surface area is 150 Å². The minimum atomic E-state index is -0.0306. The number of amides is 1. The van der Waals surface area contributed by atoms with Crippen molar-refractivity contribution in [2.45, 2.75) is 13.8 Å². The molecule has 0 bridgehead atoms. The lowest BCUT2D eigenvalue weighted by Gasteiger charge is -2.20. The molecular formula is C19H17ClN2OS. The molecule has 122 valence electrons. The molecule has 0 aliphatic carbocycles. The van der Waals surface area contributed by atoms with Gasteiger partial charge in [-0.3, -0.25) is 4.79 Å². The second-order valence-corrected chi connectivity index (χ2v) is 6.70.